The minimum Gasteiger partial charge on any atom is -0.384 e. The highest BCUT2D eigenvalue weighted by Crippen LogP contribution is 2.43. The number of rotatable bonds is 1. The molecule has 0 amide bonds. The zero-order chi connectivity index (χ0) is 15.2. The Hall–Kier alpha value is -1.50. The summed E-state index contributed by atoms with van der Waals surface area (Å²) in [7, 11) is -1.36. The molecule has 0 radical (unpaired) electrons. The van der Waals surface area contributed by atoms with Gasteiger partial charge in [0.05, 0.1) is 10.6 Å². The average Bonchev–Trinajstić information content (AvgIpc) is 2.55. The molecule has 1 N–H and O–H groups in total. The van der Waals surface area contributed by atoms with Crippen LogP contribution in [-0.4, -0.2) is 26.8 Å². The summed E-state index contributed by atoms with van der Waals surface area (Å²) in [4.78, 5) is 1.02. The topological polar surface area (TPSA) is 57.6 Å². The minimum atomic E-state index is -3.26. The average molecular weight is 321 g/mol. The number of benzene rings is 2. The highest BCUT2D eigenvalue weighted by Gasteiger charge is 2.25. The molecule has 1 atom stereocenters. The number of aliphatic hydroxyl groups is 1. The minimum absolute atomic E-state index is 0.264. The van der Waals surface area contributed by atoms with Crippen molar-refractivity contribution in [2.75, 3.05) is 17.6 Å². The maximum atomic E-state index is 11.7. The Morgan fingerprint density at radius 1 is 1.14 bits per heavy atom. The monoisotopic (exact) mass is 321 g/mol. The summed E-state index contributed by atoms with van der Waals surface area (Å²) in [5.74, 6) is 0. The zero-order valence-corrected chi connectivity index (χ0v) is 13.3. The molecule has 0 saturated carbocycles. The molecular weight excluding hydrogens is 306 g/mol. The van der Waals surface area contributed by atoms with Crippen molar-refractivity contribution in [3.63, 3.8) is 0 Å². The van der Waals surface area contributed by atoms with Crippen LogP contribution in [0.3, 0.4) is 0 Å². The van der Waals surface area contributed by atoms with Crippen LogP contribution in [0.2, 0.25) is 0 Å². The van der Waals surface area contributed by atoms with Gasteiger partial charge in [0.15, 0.2) is 9.84 Å². The molecule has 1 aliphatic heterocycles. The van der Waals surface area contributed by atoms with E-state index in [9.17, 15) is 13.5 Å². The number of sulfone groups is 1. The summed E-state index contributed by atoms with van der Waals surface area (Å²) in [6.07, 6.45) is 0.424. The molecule has 0 spiro atoms. The number of aliphatic hydroxyl groups excluding tert-OH is 1. The molecule has 1 unspecified atom stereocenters. The van der Waals surface area contributed by atoms with Gasteiger partial charge in [-0.25, -0.2) is 8.42 Å². The highest BCUT2D eigenvalue weighted by atomic mass is 32.2. The number of para-hydroxylation sites is 1. The van der Waals surface area contributed by atoms with Crippen LogP contribution in [-0.2, 0) is 9.84 Å². The second kappa shape index (κ2) is 5.05. The van der Waals surface area contributed by atoms with Crippen molar-refractivity contribution >= 4 is 27.5 Å². The molecule has 21 heavy (non-hydrogen) atoms. The zero-order valence-electron chi connectivity index (χ0n) is 11.6. The molecule has 1 aliphatic rings. The third-order valence-corrected chi connectivity index (χ3v) is 5.64. The van der Waals surface area contributed by atoms with Crippen LogP contribution in [0.4, 0.5) is 5.69 Å². The lowest BCUT2D eigenvalue weighted by molar-refractivity contribution is 0.218. The maximum absolute atomic E-state index is 11.7. The molecule has 1 heterocycles. The number of nitrogens with zero attached hydrogens (tertiary/aromatic N) is 1. The van der Waals surface area contributed by atoms with E-state index in [1.807, 2.05) is 35.6 Å². The fourth-order valence-electron chi connectivity index (χ4n) is 2.42. The van der Waals surface area contributed by atoms with Crippen LogP contribution in [0, 0.1) is 0 Å². The summed E-state index contributed by atoms with van der Waals surface area (Å²) in [6.45, 7) is 0. The van der Waals surface area contributed by atoms with E-state index >= 15 is 0 Å². The number of anilines is 1. The van der Waals surface area contributed by atoms with Crippen molar-refractivity contribution in [3.05, 3.63) is 53.6 Å². The van der Waals surface area contributed by atoms with Gasteiger partial charge < -0.3 is 9.41 Å². The number of hydrogen-bond donors (Lipinski definition) is 1. The molecule has 0 fully saturated rings. The Morgan fingerprint density at radius 3 is 2.57 bits per heavy atom. The Kier molecular flexibility index (Phi) is 3.47. The first-order valence-electron chi connectivity index (χ1n) is 6.40. The Bertz CT molecular complexity index is 802. The van der Waals surface area contributed by atoms with E-state index in [0.717, 1.165) is 21.7 Å². The molecule has 110 valence electrons. The Labute approximate surface area is 128 Å². The summed E-state index contributed by atoms with van der Waals surface area (Å²) in [6, 6.07) is 12.5. The molecule has 6 heteroatoms. The van der Waals surface area contributed by atoms with E-state index in [2.05, 4.69) is 0 Å². The smallest absolute Gasteiger partial charge is 0.175 e. The van der Waals surface area contributed by atoms with Crippen molar-refractivity contribution in [2.45, 2.75) is 15.9 Å². The molecule has 4 nitrogen and oxygen atoms in total. The van der Waals surface area contributed by atoms with E-state index < -0.39 is 15.9 Å². The summed E-state index contributed by atoms with van der Waals surface area (Å²) in [5.41, 5.74) is 2.47. The summed E-state index contributed by atoms with van der Waals surface area (Å²) < 4.78 is 25.3. The fraction of sp³-hybridized carbons (Fsp3) is 0.200. The lowest BCUT2D eigenvalue weighted by Crippen LogP contribution is -2.07. The van der Waals surface area contributed by atoms with Gasteiger partial charge in [0, 0.05) is 29.3 Å². The first-order valence-corrected chi connectivity index (χ1v) is 9.07. The predicted molar refractivity (Wildman–Crippen MR) is 84.3 cm³/mol. The molecule has 0 saturated heterocycles. The number of fused-ring (bicyclic) bond motifs is 2. The number of hydrogen-bond acceptors (Lipinski definition) is 5. The molecule has 2 aromatic carbocycles. The van der Waals surface area contributed by atoms with Crippen LogP contribution in [0.25, 0.3) is 0 Å². The Balaban J connectivity index is 2.19. The van der Waals surface area contributed by atoms with Gasteiger partial charge in [-0.15, -0.1) is 0 Å². The SMILES string of the molecule is CN1Sc2cc(S(C)(=O)=O)ccc2C(O)c2ccccc21. The van der Waals surface area contributed by atoms with E-state index in [0.29, 0.717) is 0 Å². The largest absolute Gasteiger partial charge is 0.384 e. The van der Waals surface area contributed by atoms with Crippen LogP contribution >= 0.6 is 11.9 Å². The normalized spacial score (nSPS) is 17.9. The van der Waals surface area contributed by atoms with Crippen LogP contribution in [0.5, 0.6) is 0 Å². The van der Waals surface area contributed by atoms with Gasteiger partial charge in [-0.3, -0.25) is 0 Å². The van der Waals surface area contributed by atoms with Gasteiger partial charge in [0.2, 0.25) is 0 Å². The van der Waals surface area contributed by atoms with Crippen molar-refractivity contribution < 1.29 is 13.5 Å². The van der Waals surface area contributed by atoms with Gasteiger partial charge in [0.1, 0.15) is 6.10 Å². The summed E-state index contributed by atoms with van der Waals surface area (Å²) >= 11 is 1.42. The van der Waals surface area contributed by atoms with E-state index in [1.54, 1.807) is 18.2 Å². The quantitative estimate of drug-likeness (QED) is 0.818. The third-order valence-electron chi connectivity index (χ3n) is 3.51. The molecule has 0 aromatic heterocycles. The second-order valence-corrected chi connectivity index (χ2v) is 8.21. The second-order valence-electron chi connectivity index (χ2n) is 5.02. The summed E-state index contributed by atoms with van der Waals surface area (Å²) in [5, 5.41) is 10.6. The van der Waals surface area contributed by atoms with E-state index in [4.69, 9.17) is 0 Å². The van der Waals surface area contributed by atoms with Gasteiger partial charge in [0.25, 0.3) is 0 Å². The van der Waals surface area contributed by atoms with Gasteiger partial charge in [-0.05, 0) is 30.1 Å². The predicted octanol–water partition coefficient (Wildman–Crippen LogP) is 2.63. The first kappa shape index (κ1) is 14.4. The van der Waals surface area contributed by atoms with Gasteiger partial charge in [-0.2, -0.15) is 0 Å². The van der Waals surface area contributed by atoms with Crippen LogP contribution < -0.4 is 4.31 Å². The lowest BCUT2D eigenvalue weighted by atomic mass is 10.00. The standard InChI is InChI=1S/C15H15NO3S2/c1-16-13-6-4-3-5-11(13)15(17)12-8-7-10(21(2,18)19)9-14(12)20-16/h3-9,15,17H,1-2H3. The molecule has 0 bridgehead atoms. The molecule has 3 rings (SSSR count). The van der Waals surface area contributed by atoms with Crippen molar-refractivity contribution in [3.8, 4) is 0 Å². The van der Waals surface area contributed by atoms with E-state index in [-0.39, 0.29) is 4.90 Å². The highest BCUT2D eigenvalue weighted by molar-refractivity contribution is 8.00. The van der Waals surface area contributed by atoms with Crippen molar-refractivity contribution in [1.29, 1.82) is 0 Å². The molecule has 2 aromatic rings. The molecule has 0 aliphatic carbocycles. The molecular formula is C15H15NO3S2. The van der Waals surface area contributed by atoms with Crippen molar-refractivity contribution in [1.82, 2.24) is 0 Å². The lowest BCUT2D eigenvalue weighted by Gasteiger charge is -2.18. The third kappa shape index (κ3) is 2.54. The maximum Gasteiger partial charge on any atom is 0.175 e. The van der Waals surface area contributed by atoms with Crippen LogP contribution in [0.1, 0.15) is 17.2 Å². The first-order chi connectivity index (χ1) is 9.88. The Morgan fingerprint density at radius 2 is 1.86 bits per heavy atom. The van der Waals surface area contributed by atoms with Gasteiger partial charge in [-0.1, -0.05) is 24.3 Å². The van der Waals surface area contributed by atoms with Crippen LogP contribution in [0.15, 0.2) is 52.3 Å². The fourth-order valence-corrected chi connectivity index (χ4v) is 4.17. The van der Waals surface area contributed by atoms with E-state index in [1.165, 1.54) is 18.2 Å². The van der Waals surface area contributed by atoms with Gasteiger partial charge >= 0.3 is 0 Å². The van der Waals surface area contributed by atoms with Crippen molar-refractivity contribution in [2.24, 2.45) is 0 Å².